The Bertz CT molecular complexity index is 372. The van der Waals surface area contributed by atoms with Crippen molar-refractivity contribution < 1.29 is 4.92 Å². The van der Waals surface area contributed by atoms with Gasteiger partial charge in [0.05, 0.1) is 4.92 Å². The van der Waals surface area contributed by atoms with Crippen LogP contribution in [0.2, 0.25) is 0 Å². The number of hydrogen-bond donors (Lipinski definition) is 0. The minimum Gasteiger partial charge on any atom is -0.258 e. The van der Waals surface area contributed by atoms with E-state index in [1.54, 1.807) is 18.2 Å². The highest BCUT2D eigenvalue weighted by atomic mass is 16.6. The van der Waals surface area contributed by atoms with Crippen LogP contribution in [0, 0.1) is 17.0 Å². The van der Waals surface area contributed by atoms with Crippen molar-refractivity contribution in [2.75, 3.05) is 0 Å². The highest BCUT2D eigenvalue weighted by Gasteiger charge is 2.16. The molecule has 0 heterocycles. The van der Waals surface area contributed by atoms with E-state index in [-0.39, 0.29) is 16.5 Å². The summed E-state index contributed by atoms with van der Waals surface area (Å²) in [5, 5.41) is 10.7. The van der Waals surface area contributed by atoms with Crippen molar-refractivity contribution in [2.24, 2.45) is 0 Å². The van der Waals surface area contributed by atoms with Gasteiger partial charge in [-0.3, -0.25) is 10.1 Å². The quantitative estimate of drug-likeness (QED) is 0.418. The molecule has 0 radical (unpaired) electrons. The zero-order valence-corrected chi connectivity index (χ0v) is 8.36. The number of nitrogens with zero attached hydrogens (tertiary/aromatic N) is 1. The molecule has 0 amide bonds. The second kappa shape index (κ2) is 4.05. The fourth-order valence-corrected chi connectivity index (χ4v) is 1.33. The minimum absolute atomic E-state index is 0.00954. The second-order valence-electron chi connectivity index (χ2n) is 3.34. The Morgan fingerprint density at radius 2 is 2.21 bits per heavy atom. The van der Waals surface area contributed by atoms with Crippen molar-refractivity contribution in [1.82, 2.24) is 0 Å². The van der Waals surface area contributed by atoms with Gasteiger partial charge < -0.3 is 0 Å². The Balaban J connectivity index is 3.29. The largest absolute Gasteiger partial charge is 0.273 e. The zero-order chi connectivity index (χ0) is 10.7. The van der Waals surface area contributed by atoms with Gasteiger partial charge in [-0.1, -0.05) is 24.6 Å². The van der Waals surface area contributed by atoms with Crippen LogP contribution in [0.3, 0.4) is 0 Å². The molecule has 3 nitrogen and oxygen atoms in total. The molecule has 1 atom stereocenters. The van der Waals surface area contributed by atoms with Crippen LogP contribution in [0.5, 0.6) is 0 Å². The summed E-state index contributed by atoms with van der Waals surface area (Å²) < 4.78 is 0. The number of nitro benzene ring substituents is 1. The van der Waals surface area contributed by atoms with Gasteiger partial charge in [0.2, 0.25) is 0 Å². The first kappa shape index (κ1) is 10.4. The van der Waals surface area contributed by atoms with E-state index in [0.717, 1.165) is 11.1 Å². The number of rotatable bonds is 3. The predicted octanol–water partition coefficient (Wildman–Crippen LogP) is 3.19. The number of nitro groups is 1. The van der Waals surface area contributed by atoms with Crippen LogP contribution in [0.25, 0.3) is 0 Å². The van der Waals surface area contributed by atoms with E-state index in [4.69, 9.17) is 0 Å². The highest BCUT2D eigenvalue weighted by molar-refractivity contribution is 5.45. The lowest BCUT2D eigenvalue weighted by Gasteiger charge is -2.07. The lowest BCUT2D eigenvalue weighted by atomic mass is 9.97. The first-order valence-corrected chi connectivity index (χ1v) is 4.43. The van der Waals surface area contributed by atoms with Gasteiger partial charge in [0.1, 0.15) is 0 Å². The van der Waals surface area contributed by atoms with E-state index in [1.165, 1.54) is 0 Å². The summed E-state index contributed by atoms with van der Waals surface area (Å²) in [6.07, 6.45) is 1.71. The summed E-state index contributed by atoms with van der Waals surface area (Å²) in [6, 6.07) is 5.13. The molecule has 1 unspecified atom stereocenters. The molecular weight excluding hydrogens is 178 g/mol. The molecule has 0 spiro atoms. The number of allylic oxidation sites excluding steroid dienone is 1. The molecule has 0 aliphatic carbocycles. The van der Waals surface area contributed by atoms with Gasteiger partial charge in [-0.2, -0.15) is 0 Å². The monoisotopic (exact) mass is 191 g/mol. The highest BCUT2D eigenvalue weighted by Crippen LogP contribution is 2.27. The van der Waals surface area contributed by atoms with Crippen LogP contribution in [-0.2, 0) is 0 Å². The van der Waals surface area contributed by atoms with Gasteiger partial charge in [0, 0.05) is 17.5 Å². The van der Waals surface area contributed by atoms with E-state index < -0.39 is 0 Å². The lowest BCUT2D eigenvalue weighted by Crippen LogP contribution is -1.98. The standard InChI is InChI=1S/C11H13NO2/c1-4-9(3)10-7-8(2)5-6-11(10)12(13)14/h4-7,9H,1H2,2-3H3. The Kier molecular flexibility index (Phi) is 3.02. The van der Waals surface area contributed by atoms with Gasteiger partial charge in [-0.25, -0.2) is 0 Å². The van der Waals surface area contributed by atoms with Crippen molar-refractivity contribution in [3.05, 3.63) is 52.1 Å². The first-order valence-electron chi connectivity index (χ1n) is 4.43. The summed E-state index contributed by atoms with van der Waals surface area (Å²) in [5.41, 5.74) is 1.92. The summed E-state index contributed by atoms with van der Waals surface area (Å²) in [6.45, 7) is 7.46. The second-order valence-corrected chi connectivity index (χ2v) is 3.34. The van der Waals surface area contributed by atoms with Crippen molar-refractivity contribution in [1.29, 1.82) is 0 Å². The van der Waals surface area contributed by atoms with E-state index in [1.807, 2.05) is 19.9 Å². The number of benzene rings is 1. The normalized spacial score (nSPS) is 12.1. The van der Waals surface area contributed by atoms with E-state index >= 15 is 0 Å². The predicted molar refractivity (Wildman–Crippen MR) is 56.4 cm³/mol. The summed E-state index contributed by atoms with van der Waals surface area (Å²) in [5.74, 6) is 0.00954. The maximum absolute atomic E-state index is 10.7. The molecule has 1 aromatic rings. The fraction of sp³-hybridized carbons (Fsp3) is 0.273. The summed E-state index contributed by atoms with van der Waals surface area (Å²) >= 11 is 0. The van der Waals surface area contributed by atoms with Crippen molar-refractivity contribution >= 4 is 5.69 Å². The number of hydrogen-bond acceptors (Lipinski definition) is 2. The zero-order valence-electron chi connectivity index (χ0n) is 8.36. The van der Waals surface area contributed by atoms with E-state index in [9.17, 15) is 10.1 Å². The third-order valence-corrected chi connectivity index (χ3v) is 2.22. The molecule has 74 valence electrons. The average Bonchev–Trinajstić information content (AvgIpc) is 2.16. The SMILES string of the molecule is C=CC(C)c1cc(C)ccc1[N+](=O)[O-]. The molecule has 0 N–H and O–H groups in total. The fourth-order valence-electron chi connectivity index (χ4n) is 1.33. The molecule has 1 aromatic carbocycles. The Hall–Kier alpha value is -1.64. The summed E-state index contributed by atoms with van der Waals surface area (Å²) in [7, 11) is 0. The van der Waals surface area contributed by atoms with E-state index in [2.05, 4.69) is 6.58 Å². The summed E-state index contributed by atoms with van der Waals surface area (Å²) in [4.78, 5) is 10.4. The third kappa shape index (κ3) is 1.99. The lowest BCUT2D eigenvalue weighted by molar-refractivity contribution is -0.385. The number of aryl methyl sites for hydroxylation is 1. The van der Waals surface area contributed by atoms with Gasteiger partial charge in [0.25, 0.3) is 5.69 Å². The van der Waals surface area contributed by atoms with Crippen molar-refractivity contribution in [3.8, 4) is 0 Å². The molecule has 0 aliphatic rings. The first-order chi connectivity index (χ1) is 6.56. The minimum atomic E-state index is -0.352. The molecule has 0 bridgehead atoms. The smallest absolute Gasteiger partial charge is 0.258 e. The molecule has 3 heteroatoms. The van der Waals surface area contributed by atoms with Crippen LogP contribution in [0.4, 0.5) is 5.69 Å². The van der Waals surface area contributed by atoms with Crippen molar-refractivity contribution in [2.45, 2.75) is 19.8 Å². The van der Waals surface area contributed by atoms with Crippen LogP contribution in [0.15, 0.2) is 30.9 Å². The van der Waals surface area contributed by atoms with Gasteiger partial charge >= 0.3 is 0 Å². The molecule has 0 saturated carbocycles. The molecule has 1 rings (SSSR count). The van der Waals surface area contributed by atoms with Crippen LogP contribution >= 0.6 is 0 Å². The van der Waals surface area contributed by atoms with Crippen LogP contribution in [0.1, 0.15) is 24.0 Å². The Morgan fingerprint density at radius 3 is 2.71 bits per heavy atom. The molecule has 0 fully saturated rings. The Labute approximate surface area is 83.2 Å². The maximum atomic E-state index is 10.7. The third-order valence-electron chi connectivity index (χ3n) is 2.22. The molecular formula is C11H13NO2. The molecule has 0 aromatic heterocycles. The van der Waals surface area contributed by atoms with Crippen LogP contribution < -0.4 is 0 Å². The molecule has 0 saturated heterocycles. The van der Waals surface area contributed by atoms with Gasteiger partial charge in [-0.15, -0.1) is 6.58 Å². The maximum Gasteiger partial charge on any atom is 0.273 e. The molecule has 0 aliphatic heterocycles. The average molecular weight is 191 g/mol. The van der Waals surface area contributed by atoms with Crippen LogP contribution in [-0.4, -0.2) is 4.92 Å². The topological polar surface area (TPSA) is 43.1 Å². The van der Waals surface area contributed by atoms with Crippen molar-refractivity contribution in [3.63, 3.8) is 0 Å². The van der Waals surface area contributed by atoms with Gasteiger partial charge in [-0.05, 0) is 13.0 Å². The van der Waals surface area contributed by atoms with Gasteiger partial charge in [0.15, 0.2) is 0 Å². The Morgan fingerprint density at radius 1 is 1.57 bits per heavy atom. The van der Waals surface area contributed by atoms with E-state index in [0.29, 0.717) is 0 Å². The molecule has 14 heavy (non-hydrogen) atoms.